The number of ether oxygens (including phenoxy) is 1. The normalized spacial score (nSPS) is 27.1. The van der Waals surface area contributed by atoms with Crippen molar-refractivity contribution in [3.05, 3.63) is 40.7 Å². The second-order valence-corrected chi connectivity index (χ2v) is 11.8. The fourth-order valence-corrected chi connectivity index (χ4v) is 6.67. The summed E-state index contributed by atoms with van der Waals surface area (Å²) in [6, 6.07) is 4.72. The van der Waals surface area contributed by atoms with Crippen LogP contribution in [0.3, 0.4) is 0 Å². The van der Waals surface area contributed by atoms with Crippen LogP contribution in [0, 0.1) is 5.92 Å². The third kappa shape index (κ3) is 4.20. The van der Waals surface area contributed by atoms with Gasteiger partial charge in [-0.3, -0.25) is 4.79 Å². The van der Waals surface area contributed by atoms with E-state index >= 15 is 0 Å². The van der Waals surface area contributed by atoms with Gasteiger partial charge in [0, 0.05) is 37.1 Å². The highest BCUT2D eigenvalue weighted by Crippen LogP contribution is 2.45. The average molecular weight is 572 g/mol. The van der Waals surface area contributed by atoms with Gasteiger partial charge in [-0.15, -0.1) is 0 Å². The van der Waals surface area contributed by atoms with E-state index in [4.69, 9.17) is 21.3 Å². The molecule has 212 valence electrons. The molecule has 2 saturated heterocycles. The lowest BCUT2D eigenvalue weighted by molar-refractivity contribution is -0.133. The number of halogens is 3. The predicted molar refractivity (Wildman–Crippen MR) is 149 cm³/mol. The number of nitrogens with zero attached hydrogens (tertiary/aromatic N) is 5. The first-order chi connectivity index (χ1) is 19.2. The number of piperazine rings is 1. The molecule has 3 atom stereocenters. The first kappa shape index (κ1) is 25.6. The summed E-state index contributed by atoms with van der Waals surface area (Å²) in [5, 5.41) is 6.84. The van der Waals surface area contributed by atoms with Crippen LogP contribution in [0.15, 0.2) is 30.2 Å². The van der Waals surface area contributed by atoms with E-state index in [1.165, 1.54) is 0 Å². The lowest BCUT2D eigenvalue weighted by atomic mass is 10.00. The first-order valence-corrected chi connectivity index (χ1v) is 14.3. The number of hydrogen-bond acceptors (Lipinski definition) is 8. The summed E-state index contributed by atoms with van der Waals surface area (Å²) >= 11 is 6.52. The summed E-state index contributed by atoms with van der Waals surface area (Å²) in [4.78, 5) is 28.1. The van der Waals surface area contributed by atoms with E-state index in [0.717, 1.165) is 36.9 Å². The zero-order chi connectivity index (χ0) is 27.8. The Morgan fingerprint density at radius 1 is 1.25 bits per heavy atom. The SMILES string of the molecule is CCN1C[C@H]2CC[C@@H](C1=O)N2c1ncc(Cl)c(Nc2ccc3c(c2)C2=C(CN3C)OCC(F)(F)[C@H](C3CC3)N2)n1. The minimum absolute atomic E-state index is 0.0607. The topological polar surface area (TPSA) is 85.9 Å². The van der Waals surface area contributed by atoms with Gasteiger partial charge in [0.1, 0.15) is 16.8 Å². The molecule has 1 aromatic heterocycles. The van der Waals surface area contributed by atoms with Crippen LogP contribution in [0.4, 0.5) is 31.9 Å². The van der Waals surface area contributed by atoms with Gasteiger partial charge in [-0.2, -0.15) is 4.98 Å². The quantitative estimate of drug-likeness (QED) is 0.552. The Hall–Kier alpha value is -3.34. The van der Waals surface area contributed by atoms with Crippen molar-refractivity contribution in [2.75, 3.05) is 48.4 Å². The van der Waals surface area contributed by atoms with Gasteiger partial charge in [-0.05, 0) is 56.7 Å². The van der Waals surface area contributed by atoms with Crippen molar-refractivity contribution in [3.63, 3.8) is 0 Å². The summed E-state index contributed by atoms with van der Waals surface area (Å²) in [5.74, 6) is -1.50. The van der Waals surface area contributed by atoms with E-state index in [1.54, 1.807) is 6.20 Å². The third-order valence-corrected chi connectivity index (χ3v) is 9.04. The lowest BCUT2D eigenvalue weighted by Gasteiger charge is -2.40. The molecule has 7 rings (SSSR count). The molecule has 0 spiro atoms. The molecule has 0 unspecified atom stereocenters. The molecule has 40 heavy (non-hydrogen) atoms. The van der Waals surface area contributed by atoms with Crippen LogP contribution in [-0.4, -0.2) is 78.1 Å². The van der Waals surface area contributed by atoms with Crippen molar-refractivity contribution in [1.82, 2.24) is 20.2 Å². The number of likely N-dealkylation sites (N-methyl/N-ethyl adjacent to an activating group) is 2. The maximum Gasteiger partial charge on any atom is 0.301 e. The molecule has 0 radical (unpaired) electrons. The van der Waals surface area contributed by atoms with Crippen LogP contribution in [0.25, 0.3) is 5.70 Å². The predicted octanol–water partition coefficient (Wildman–Crippen LogP) is 4.23. The number of alkyl halides is 2. The number of carbonyl (C=O) groups is 1. The van der Waals surface area contributed by atoms with Gasteiger partial charge in [0.25, 0.3) is 0 Å². The van der Waals surface area contributed by atoms with Gasteiger partial charge in [0.05, 0.1) is 30.5 Å². The summed E-state index contributed by atoms with van der Waals surface area (Å²) in [6.07, 6.45) is 4.82. The van der Waals surface area contributed by atoms with Crippen molar-refractivity contribution in [1.29, 1.82) is 0 Å². The molecule has 9 nitrogen and oxygen atoms in total. The number of aromatic nitrogens is 2. The second-order valence-electron chi connectivity index (χ2n) is 11.4. The van der Waals surface area contributed by atoms with Crippen LogP contribution >= 0.6 is 11.6 Å². The zero-order valence-electron chi connectivity index (χ0n) is 22.5. The van der Waals surface area contributed by atoms with E-state index in [9.17, 15) is 13.6 Å². The monoisotopic (exact) mass is 571 g/mol. The molecule has 5 heterocycles. The van der Waals surface area contributed by atoms with Crippen LogP contribution in [0.2, 0.25) is 5.02 Å². The molecular formula is C28H32ClF2N7O2. The number of nitrogens with one attached hydrogen (secondary N) is 2. The van der Waals surface area contributed by atoms with Crippen molar-refractivity contribution in [3.8, 4) is 0 Å². The van der Waals surface area contributed by atoms with Gasteiger partial charge in [-0.1, -0.05) is 11.6 Å². The Bertz CT molecular complexity index is 1400. The van der Waals surface area contributed by atoms with Gasteiger partial charge in [0.15, 0.2) is 12.4 Å². The molecule has 2 aromatic rings. The number of fused-ring (bicyclic) bond motifs is 4. The number of carbonyl (C=O) groups excluding carboxylic acids is 1. The Labute approximate surface area is 236 Å². The largest absolute Gasteiger partial charge is 0.487 e. The van der Waals surface area contributed by atoms with Crippen LogP contribution in [0.5, 0.6) is 0 Å². The van der Waals surface area contributed by atoms with Crippen LogP contribution in [0.1, 0.15) is 38.2 Å². The van der Waals surface area contributed by atoms with Crippen molar-refractivity contribution >= 4 is 46.3 Å². The van der Waals surface area contributed by atoms with E-state index < -0.39 is 18.6 Å². The number of likely N-dealkylation sites (tertiary alicyclic amines) is 1. The van der Waals surface area contributed by atoms with Crippen LogP contribution < -0.4 is 20.4 Å². The molecule has 4 aliphatic heterocycles. The second kappa shape index (κ2) is 9.36. The van der Waals surface area contributed by atoms with E-state index in [-0.39, 0.29) is 23.9 Å². The van der Waals surface area contributed by atoms with Gasteiger partial charge >= 0.3 is 5.92 Å². The molecule has 1 aromatic carbocycles. The van der Waals surface area contributed by atoms with Gasteiger partial charge < -0.3 is 30.1 Å². The zero-order valence-corrected chi connectivity index (χ0v) is 23.2. The Morgan fingerprint density at radius 3 is 2.85 bits per heavy atom. The number of hydrogen-bond donors (Lipinski definition) is 2. The first-order valence-electron chi connectivity index (χ1n) is 14.0. The molecule has 1 aliphatic carbocycles. The fourth-order valence-electron chi connectivity index (χ4n) is 6.53. The molecule has 1 amide bonds. The minimum atomic E-state index is -2.96. The van der Waals surface area contributed by atoms with Crippen molar-refractivity contribution < 1.29 is 18.3 Å². The van der Waals surface area contributed by atoms with E-state index in [1.807, 2.05) is 46.9 Å². The Kier molecular flexibility index (Phi) is 5.99. The standard InChI is InChI=1S/C28H32ClF2N7O2/c1-3-37-12-17-7-9-21(26(37)39)38(17)27-32-11-19(29)25(35-27)33-16-6-8-20-18(10-16)23-22(13-36(20)2)40-14-28(30,31)24(34-23)15-4-5-15/h6,8,10-11,15,17,21,24,34H,3-5,7,9,12-14H2,1-2H3,(H,32,33,35)/t17-,21+,24+/m1/s1. The highest BCUT2D eigenvalue weighted by molar-refractivity contribution is 6.32. The van der Waals surface area contributed by atoms with E-state index in [0.29, 0.717) is 53.6 Å². The minimum Gasteiger partial charge on any atom is -0.487 e. The smallest absolute Gasteiger partial charge is 0.301 e. The summed E-state index contributed by atoms with van der Waals surface area (Å²) < 4.78 is 35.6. The summed E-state index contributed by atoms with van der Waals surface area (Å²) in [6.45, 7) is 3.13. The number of benzene rings is 1. The number of anilines is 4. The van der Waals surface area contributed by atoms with Crippen molar-refractivity contribution in [2.24, 2.45) is 5.92 Å². The molecule has 1 saturated carbocycles. The highest BCUT2D eigenvalue weighted by Gasteiger charge is 2.51. The highest BCUT2D eigenvalue weighted by atomic mass is 35.5. The molecule has 12 heteroatoms. The molecule has 2 N–H and O–H groups in total. The number of rotatable bonds is 5. The molecule has 5 aliphatic rings. The molecule has 3 fully saturated rings. The maximum atomic E-state index is 15.0. The van der Waals surface area contributed by atoms with E-state index in [2.05, 4.69) is 15.6 Å². The van der Waals surface area contributed by atoms with Crippen molar-refractivity contribution in [2.45, 2.75) is 56.7 Å². The maximum absolute atomic E-state index is 15.0. The Morgan fingerprint density at radius 2 is 2.08 bits per heavy atom. The fraction of sp³-hybridized carbons (Fsp3) is 0.536. The number of amides is 1. The van der Waals surface area contributed by atoms with Gasteiger partial charge in [-0.25, -0.2) is 13.8 Å². The lowest BCUT2D eigenvalue weighted by Crippen LogP contribution is -2.57. The third-order valence-electron chi connectivity index (χ3n) is 8.76. The van der Waals surface area contributed by atoms with Gasteiger partial charge in [0.2, 0.25) is 11.9 Å². The van der Waals surface area contributed by atoms with Crippen LogP contribution in [-0.2, 0) is 9.53 Å². The summed E-state index contributed by atoms with van der Waals surface area (Å²) in [5.41, 5.74) is 3.01. The molecular weight excluding hydrogens is 540 g/mol. The summed E-state index contributed by atoms with van der Waals surface area (Å²) in [7, 11) is 1.92. The molecule has 2 bridgehead atoms. The average Bonchev–Trinajstić information content (AvgIpc) is 3.72. The Balaban J connectivity index is 1.19.